The van der Waals surface area contributed by atoms with Gasteiger partial charge >= 0.3 is 0 Å². The smallest absolute Gasteiger partial charge is 0.128 e. The first-order valence-corrected chi connectivity index (χ1v) is 5.66. The standard InChI is InChI=1S/C13H18N3O/c1-13(17,12(14)15)7-6-9-8-16-11-5-3-2-4-10(9)11/h2-5,8,16-17H,6-7,14-15H2,1H3. The summed E-state index contributed by atoms with van der Waals surface area (Å²) in [6.07, 6.45) is 3.27. The molecule has 1 aromatic heterocycles. The van der Waals surface area contributed by atoms with Crippen molar-refractivity contribution in [3.8, 4) is 0 Å². The van der Waals surface area contributed by atoms with Crippen LogP contribution < -0.4 is 11.5 Å². The molecule has 1 heterocycles. The highest BCUT2D eigenvalue weighted by Gasteiger charge is 2.27. The molecule has 2 rings (SSSR count). The molecule has 0 saturated heterocycles. The number of H-pyrrole nitrogens is 1. The van der Waals surface area contributed by atoms with Gasteiger partial charge in [0, 0.05) is 17.1 Å². The van der Waals surface area contributed by atoms with E-state index in [0.717, 1.165) is 11.9 Å². The fraction of sp³-hybridized carbons (Fsp3) is 0.308. The second-order valence-corrected chi connectivity index (χ2v) is 4.59. The van der Waals surface area contributed by atoms with Crippen LogP contribution in [0.4, 0.5) is 0 Å². The van der Waals surface area contributed by atoms with E-state index in [1.807, 2.05) is 24.4 Å². The van der Waals surface area contributed by atoms with Crippen LogP contribution in [0.15, 0.2) is 30.5 Å². The molecule has 1 aromatic carbocycles. The zero-order valence-corrected chi connectivity index (χ0v) is 9.90. The molecule has 0 aliphatic heterocycles. The van der Waals surface area contributed by atoms with Crippen molar-refractivity contribution < 1.29 is 5.11 Å². The number of hydrogen-bond donors (Lipinski definition) is 4. The van der Waals surface area contributed by atoms with E-state index in [9.17, 15) is 5.11 Å². The minimum Gasteiger partial charge on any atom is -0.387 e. The Balaban J connectivity index is 2.14. The summed E-state index contributed by atoms with van der Waals surface area (Å²) in [4.78, 5) is 3.20. The van der Waals surface area contributed by atoms with Crippen LogP contribution in [-0.4, -0.2) is 15.7 Å². The highest BCUT2D eigenvalue weighted by atomic mass is 16.3. The van der Waals surface area contributed by atoms with E-state index < -0.39 is 5.60 Å². The van der Waals surface area contributed by atoms with Crippen LogP contribution in [0, 0.1) is 6.17 Å². The first-order chi connectivity index (χ1) is 8.00. The Bertz CT molecular complexity index is 502. The van der Waals surface area contributed by atoms with Crippen molar-refractivity contribution in [2.75, 3.05) is 0 Å². The summed E-state index contributed by atoms with van der Waals surface area (Å²) in [5.41, 5.74) is 12.1. The van der Waals surface area contributed by atoms with E-state index in [-0.39, 0.29) is 6.17 Å². The second-order valence-electron chi connectivity index (χ2n) is 4.59. The maximum absolute atomic E-state index is 9.97. The summed E-state index contributed by atoms with van der Waals surface area (Å²) in [7, 11) is 0. The van der Waals surface area contributed by atoms with Gasteiger partial charge in [-0.15, -0.1) is 0 Å². The molecule has 6 N–H and O–H groups in total. The average molecular weight is 232 g/mol. The molecule has 0 aliphatic carbocycles. The molecular formula is C13H18N3O. The van der Waals surface area contributed by atoms with Crippen LogP contribution in [0.25, 0.3) is 10.9 Å². The minimum atomic E-state index is -1.11. The first kappa shape index (κ1) is 12.1. The van der Waals surface area contributed by atoms with Crippen LogP contribution in [0.5, 0.6) is 0 Å². The Morgan fingerprint density at radius 1 is 1.35 bits per heavy atom. The number of nitrogens with two attached hydrogens (primary N) is 2. The van der Waals surface area contributed by atoms with E-state index in [4.69, 9.17) is 11.5 Å². The SMILES string of the molecule is CC(O)(CCc1c[nH]c2ccccc12)[C](N)N. The van der Waals surface area contributed by atoms with Gasteiger partial charge in [0.05, 0.1) is 5.60 Å². The van der Waals surface area contributed by atoms with Gasteiger partial charge in [-0.3, -0.25) is 0 Å². The van der Waals surface area contributed by atoms with Crippen molar-refractivity contribution in [1.82, 2.24) is 4.98 Å². The molecule has 1 unspecified atom stereocenters. The summed E-state index contributed by atoms with van der Waals surface area (Å²) in [6.45, 7) is 1.64. The molecule has 0 spiro atoms. The van der Waals surface area contributed by atoms with Crippen molar-refractivity contribution in [2.45, 2.75) is 25.4 Å². The van der Waals surface area contributed by atoms with Crippen LogP contribution in [0.2, 0.25) is 0 Å². The molecule has 0 aliphatic rings. The zero-order chi connectivity index (χ0) is 12.5. The molecular weight excluding hydrogens is 214 g/mol. The molecule has 4 nitrogen and oxygen atoms in total. The lowest BCUT2D eigenvalue weighted by Crippen LogP contribution is -2.44. The van der Waals surface area contributed by atoms with Gasteiger partial charge in [-0.25, -0.2) is 0 Å². The van der Waals surface area contributed by atoms with Gasteiger partial charge in [0.1, 0.15) is 6.17 Å². The van der Waals surface area contributed by atoms with Gasteiger partial charge < -0.3 is 21.6 Å². The Hall–Kier alpha value is -1.36. The van der Waals surface area contributed by atoms with E-state index in [0.29, 0.717) is 6.42 Å². The number of aromatic nitrogens is 1. The van der Waals surface area contributed by atoms with Crippen LogP contribution >= 0.6 is 0 Å². The average Bonchev–Trinajstić information content (AvgIpc) is 2.69. The fourth-order valence-electron chi connectivity index (χ4n) is 1.86. The lowest BCUT2D eigenvalue weighted by molar-refractivity contribution is 0.0623. The van der Waals surface area contributed by atoms with Crippen molar-refractivity contribution in [1.29, 1.82) is 0 Å². The fourth-order valence-corrected chi connectivity index (χ4v) is 1.86. The van der Waals surface area contributed by atoms with Crippen LogP contribution in [0.1, 0.15) is 18.9 Å². The molecule has 91 valence electrons. The summed E-state index contributed by atoms with van der Waals surface area (Å²) < 4.78 is 0. The summed E-state index contributed by atoms with van der Waals surface area (Å²) in [5.74, 6) is 0. The number of benzene rings is 1. The monoisotopic (exact) mass is 232 g/mol. The number of nitrogens with one attached hydrogen (secondary N) is 1. The lowest BCUT2D eigenvalue weighted by atomic mass is 9.94. The quantitative estimate of drug-likeness (QED) is 0.640. The molecule has 1 radical (unpaired) electrons. The molecule has 0 bridgehead atoms. The van der Waals surface area contributed by atoms with Crippen LogP contribution in [-0.2, 0) is 6.42 Å². The Morgan fingerprint density at radius 3 is 2.76 bits per heavy atom. The summed E-state index contributed by atoms with van der Waals surface area (Å²) >= 11 is 0. The number of fused-ring (bicyclic) bond motifs is 1. The normalized spacial score (nSPS) is 15.4. The van der Waals surface area contributed by atoms with Crippen molar-refractivity contribution >= 4 is 10.9 Å². The Kier molecular flexibility index (Phi) is 3.19. The van der Waals surface area contributed by atoms with E-state index >= 15 is 0 Å². The van der Waals surface area contributed by atoms with Gasteiger partial charge in [-0.1, -0.05) is 18.2 Å². The predicted octanol–water partition coefficient (Wildman–Crippen LogP) is 1.26. The van der Waals surface area contributed by atoms with E-state index in [1.165, 1.54) is 10.9 Å². The third-order valence-corrected chi connectivity index (χ3v) is 3.18. The van der Waals surface area contributed by atoms with Gasteiger partial charge in [-0.2, -0.15) is 0 Å². The molecule has 0 fully saturated rings. The second kappa shape index (κ2) is 4.49. The molecule has 1 atom stereocenters. The van der Waals surface area contributed by atoms with Gasteiger partial charge in [0.2, 0.25) is 0 Å². The van der Waals surface area contributed by atoms with Crippen molar-refractivity contribution in [3.05, 3.63) is 42.2 Å². The van der Waals surface area contributed by atoms with Crippen LogP contribution in [0.3, 0.4) is 0 Å². The number of aromatic amines is 1. The molecule has 2 aromatic rings. The third-order valence-electron chi connectivity index (χ3n) is 3.18. The number of aryl methyl sites for hydroxylation is 1. The molecule has 4 heteroatoms. The number of hydrogen-bond acceptors (Lipinski definition) is 3. The van der Waals surface area contributed by atoms with Crippen molar-refractivity contribution in [3.63, 3.8) is 0 Å². The highest BCUT2D eigenvalue weighted by molar-refractivity contribution is 5.83. The Morgan fingerprint density at radius 2 is 2.06 bits per heavy atom. The third kappa shape index (κ3) is 2.49. The van der Waals surface area contributed by atoms with Crippen molar-refractivity contribution in [2.24, 2.45) is 11.5 Å². The summed E-state index contributed by atoms with van der Waals surface area (Å²) in [6, 6.07) is 8.08. The van der Waals surface area contributed by atoms with E-state index in [1.54, 1.807) is 6.92 Å². The number of aliphatic hydroxyl groups is 1. The lowest BCUT2D eigenvalue weighted by Gasteiger charge is -2.25. The maximum atomic E-state index is 9.97. The van der Waals surface area contributed by atoms with Gasteiger partial charge in [0.15, 0.2) is 0 Å². The van der Waals surface area contributed by atoms with Gasteiger partial charge in [0.25, 0.3) is 0 Å². The molecule has 0 amide bonds. The maximum Gasteiger partial charge on any atom is 0.128 e. The predicted molar refractivity (Wildman–Crippen MR) is 68.9 cm³/mol. The van der Waals surface area contributed by atoms with E-state index in [2.05, 4.69) is 11.1 Å². The number of para-hydroxylation sites is 1. The van der Waals surface area contributed by atoms with Gasteiger partial charge in [-0.05, 0) is 31.4 Å². The first-order valence-electron chi connectivity index (χ1n) is 5.66. The highest BCUT2D eigenvalue weighted by Crippen LogP contribution is 2.23. The molecule has 17 heavy (non-hydrogen) atoms. The topological polar surface area (TPSA) is 88.1 Å². The number of rotatable bonds is 4. The summed E-state index contributed by atoms with van der Waals surface area (Å²) in [5, 5.41) is 11.1. The minimum absolute atomic E-state index is 0.0670. The Labute approximate surface area is 101 Å². The largest absolute Gasteiger partial charge is 0.387 e. The zero-order valence-electron chi connectivity index (χ0n) is 9.90. The molecule has 0 saturated carbocycles.